The lowest BCUT2D eigenvalue weighted by Gasteiger charge is -2.19. The highest BCUT2D eigenvalue weighted by Crippen LogP contribution is 2.28. The Hall–Kier alpha value is -0.290. The molecule has 1 saturated heterocycles. The molecule has 2 atom stereocenters. The molecule has 1 aliphatic heterocycles. The molecule has 1 aliphatic rings. The van der Waals surface area contributed by atoms with E-state index < -0.39 is 18.4 Å². The molecule has 0 radical (unpaired) electrons. The third-order valence-corrected chi connectivity index (χ3v) is 1.65. The van der Waals surface area contributed by atoms with E-state index in [0.29, 0.717) is 19.4 Å². The maximum absolute atomic E-state index is 11.8. The summed E-state index contributed by atoms with van der Waals surface area (Å²) in [4.78, 5) is 0. The van der Waals surface area contributed by atoms with Crippen molar-refractivity contribution in [2.75, 3.05) is 6.61 Å². The first-order valence-electron chi connectivity index (χ1n) is 3.38. The zero-order valence-corrected chi connectivity index (χ0v) is 5.77. The molecule has 66 valence electrons. The number of alkyl halides is 3. The average molecular weight is 170 g/mol. The average Bonchev–Trinajstić information content (AvgIpc) is 2.34. The van der Waals surface area contributed by atoms with Gasteiger partial charge in [-0.3, -0.25) is 0 Å². The lowest BCUT2D eigenvalue weighted by Crippen LogP contribution is -2.39. The highest BCUT2D eigenvalue weighted by molar-refractivity contribution is 4.78. The summed E-state index contributed by atoms with van der Waals surface area (Å²) < 4.78 is 40.0. The molecular weight excluding hydrogens is 161 g/mol. The van der Waals surface area contributed by atoms with Crippen LogP contribution in [-0.4, -0.2) is 30.1 Å². The fourth-order valence-corrected chi connectivity index (χ4v) is 1.06. The normalized spacial score (nSPS) is 28.9. The smallest absolute Gasteiger partial charge is 0.381 e. The Labute approximate surface area is 62.0 Å². The van der Waals surface area contributed by atoms with E-state index in [4.69, 9.17) is 5.11 Å². The molecule has 1 fully saturated rings. The molecule has 11 heavy (non-hydrogen) atoms. The van der Waals surface area contributed by atoms with Crippen LogP contribution in [0.15, 0.2) is 0 Å². The lowest BCUT2D eigenvalue weighted by atomic mass is 10.1. The quantitative estimate of drug-likeness (QED) is 0.638. The van der Waals surface area contributed by atoms with Gasteiger partial charge in [-0.15, -0.1) is 0 Å². The van der Waals surface area contributed by atoms with Crippen LogP contribution in [-0.2, 0) is 4.74 Å². The van der Waals surface area contributed by atoms with E-state index in [9.17, 15) is 13.2 Å². The van der Waals surface area contributed by atoms with Crippen LogP contribution >= 0.6 is 0 Å². The molecule has 1 heterocycles. The third kappa shape index (κ3) is 2.07. The molecule has 0 saturated carbocycles. The topological polar surface area (TPSA) is 29.5 Å². The van der Waals surface area contributed by atoms with Crippen molar-refractivity contribution in [3.8, 4) is 0 Å². The molecule has 1 N–H and O–H groups in total. The van der Waals surface area contributed by atoms with Crippen molar-refractivity contribution in [3.63, 3.8) is 0 Å². The van der Waals surface area contributed by atoms with Gasteiger partial charge < -0.3 is 9.84 Å². The van der Waals surface area contributed by atoms with Crippen LogP contribution in [0.4, 0.5) is 13.2 Å². The minimum atomic E-state index is -4.55. The maximum atomic E-state index is 11.8. The molecular formula is C6H9F3O2. The predicted octanol–water partition coefficient (Wildman–Crippen LogP) is 1.09. The fourth-order valence-electron chi connectivity index (χ4n) is 1.06. The maximum Gasteiger partial charge on any atom is 0.416 e. The van der Waals surface area contributed by atoms with Gasteiger partial charge in [0.15, 0.2) is 6.10 Å². The summed E-state index contributed by atoms with van der Waals surface area (Å²) in [6.45, 7) is 0.317. The van der Waals surface area contributed by atoms with E-state index in [-0.39, 0.29) is 0 Å². The van der Waals surface area contributed by atoms with Crippen LogP contribution in [0.3, 0.4) is 0 Å². The third-order valence-electron chi connectivity index (χ3n) is 1.65. The second-order valence-corrected chi connectivity index (χ2v) is 2.54. The van der Waals surface area contributed by atoms with Gasteiger partial charge in [0.1, 0.15) is 0 Å². The van der Waals surface area contributed by atoms with Crippen molar-refractivity contribution >= 4 is 0 Å². The van der Waals surface area contributed by atoms with Crippen molar-refractivity contribution in [3.05, 3.63) is 0 Å². The van der Waals surface area contributed by atoms with Crippen molar-refractivity contribution in [1.82, 2.24) is 0 Å². The van der Waals surface area contributed by atoms with Crippen LogP contribution in [0, 0.1) is 0 Å². The van der Waals surface area contributed by atoms with Gasteiger partial charge in [-0.1, -0.05) is 0 Å². The van der Waals surface area contributed by atoms with E-state index >= 15 is 0 Å². The monoisotopic (exact) mass is 170 g/mol. The van der Waals surface area contributed by atoms with Crippen molar-refractivity contribution in [2.45, 2.75) is 31.2 Å². The van der Waals surface area contributed by atoms with Gasteiger partial charge >= 0.3 is 6.18 Å². The summed E-state index contributed by atoms with van der Waals surface area (Å²) >= 11 is 0. The van der Waals surface area contributed by atoms with E-state index in [1.54, 1.807) is 0 Å². The number of hydrogen-bond acceptors (Lipinski definition) is 2. The Morgan fingerprint density at radius 3 is 2.45 bits per heavy atom. The Balaban J connectivity index is 2.46. The molecule has 0 unspecified atom stereocenters. The second kappa shape index (κ2) is 2.98. The number of ether oxygens (including phenoxy) is 1. The number of halogens is 3. The van der Waals surface area contributed by atoms with Crippen LogP contribution in [0.25, 0.3) is 0 Å². The molecule has 0 aromatic heterocycles. The molecule has 0 aromatic carbocycles. The van der Waals surface area contributed by atoms with E-state index in [1.165, 1.54) is 0 Å². The Bertz CT molecular complexity index is 128. The standard InChI is InChI=1S/C6H9F3O2/c7-6(8,9)5(10)4-2-1-3-11-4/h4-5,10H,1-3H2/t4-,5+/m0/s1. The first kappa shape index (κ1) is 8.80. The van der Waals surface area contributed by atoms with Crippen LogP contribution in [0.5, 0.6) is 0 Å². The van der Waals surface area contributed by atoms with Gasteiger partial charge in [-0.25, -0.2) is 0 Å². The van der Waals surface area contributed by atoms with Gasteiger partial charge in [-0.2, -0.15) is 13.2 Å². The van der Waals surface area contributed by atoms with Crippen LogP contribution in [0.2, 0.25) is 0 Å². The van der Waals surface area contributed by atoms with Crippen molar-refractivity contribution in [1.29, 1.82) is 0 Å². The van der Waals surface area contributed by atoms with Crippen molar-refractivity contribution < 1.29 is 23.0 Å². The molecule has 0 amide bonds. The first-order chi connectivity index (χ1) is 5.02. The SMILES string of the molecule is O[C@H]([C@@H]1CCCO1)C(F)(F)F. The zero-order chi connectivity index (χ0) is 8.48. The molecule has 0 aromatic rings. The lowest BCUT2D eigenvalue weighted by molar-refractivity contribution is -0.230. The first-order valence-corrected chi connectivity index (χ1v) is 3.38. The minimum absolute atomic E-state index is 0.292. The number of rotatable bonds is 1. The largest absolute Gasteiger partial charge is 0.416 e. The summed E-state index contributed by atoms with van der Waals surface area (Å²) in [6.07, 6.45) is -7.02. The number of hydrogen-bond donors (Lipinski definition) is 1. The van der Waals surface area contributed by atoms with Gasteiger partial charge in [-0.05, 0) is 12.8 Å². The molecule has 0 aliphatic carbocycles. The predicted molar refractivity (Wildman–Crippen MR) is 31.0 cm³/mol. The summed E-state index contributed by atoms with van der Waals surface area (Å²) in [5.74, 6) is 0. The Kier molecular flexibility index (Phi) is 2.39. The molecule has 0 bridgehead atoms. The van der Waals surface area contributed by atoms with Crippen LogP contribution < -0.4 is 0 Å². The van der Waals surface area contributed by atoms with E-state index in [2.05, 4.69) is 4.74 Å². The molecule has 1 rings (SSSR count). The summed E-state index contributed by atoms with van der Waals surface area (Å²) in [5.41, 5.74) is 0. The van der Waals surface area contributed by atoms with Gasteiger partial charge in [0.25, 0.3) is 0 Å². The fraction of sp³-hybridized carbons (Fsp3) is 1.00. The van der Waals surface area contributed by atoms with Crippen molar-refractivity contribution in [2.24, 2.45) is 0 Å². The Morgan fingerprint density at radius 1 is 1.45 bits per heavy atom. The molecule has 2 nitrogen and oxygen atoms in total. The number of aliphatic hydroxyl groups excluding tert-OH is 1. The zero-order valence-electron chi connectivity index (χ0n) is 5.77. The molecule has 5 heteroatoms. The Morgan fingerprint density at radius 2 is 2.09 bits per heavy atom. The highest BCUT2D eigenvalue weighted by atomic mass is 19.4. The highest BCUT2D eigenvalue weighted by Gasteiger charge is 2.45. The van der Waals surface area contributed by atoms with Gasteiger partial charge in [0.05, 0.1) is 6.10 Å². The van der Waals surface area contributed by atoms with Gasteiger partial charge in [0.2, 0.25) is 0 Å². The summed E-state index contributed by atoms with van der Waals surface area (Å²) in [6, 6.07) is 0. The molecule has 0 spiro atoms. The summed E-state index contributed by atoms with van der Waals surface area (Å²) in [5, 5.41) is 8.64. The summed E-state index contributed by atoms with van der Waals surface area (Å²) in [7, 11) is 0. The van der Waals surface area contributed by atoms with E-state index in [0.717, 1.165) is 0 Å². The van der Waals surface area contributed by atoms with Crippen LogP contribution in [0.1, 0.15) is 12.8 Å². The van der Waals surface area contributed by atoms with Gasteiger partial charge in [0, 0.05) is 6.61 Å². The van der Waals surface area contributed by atoms with E-state index in [1.807, 2.05) is 0 Å². The number of aliphatic hydroxyl groups is 1. The second-order valence-electron chi connectivity index (χ2n) is 2.54. The minimum Gasteiger partial charge on any atom is -0.381 e.